The maximum absolute atomic E-state index is 13.0. The highest BCUT2D eigenvalue weighted by molar-refractivity contribution is 8.26. The predicted octanol–water partition coefficient (Wildman–Crippen LogP) is 2.49. The van der Waals surface area contributed by atoms with Gasteiger partial charge >= 0.3 is 5.97 Å². The van der Waals surface area contributed by atoms with Gasteiger partial charge in [0.1, 0.15) is 22.7 Å². The van der Waals surface area contributed by atoms with Crippen LogP contribution in [0.1, 0.15) is 24.8 Å². The maximum Gasteiger partial charge on any atom is 0.326 e. The molecule has 0 spiro atoms. The molecule has 2 amide bonds. The molecule has 2 fully saturated rings. The van der Waals surface area contributed by atoms with Crippen LogP contribution in [0.4, 0.5) is 4.39 Å². The van der Waals surface area contributed by atoms with Crippen molar-refractivity contribution in [3.63, 3.8) is 0 Å². The van der Waals surface area contributed by atoms with Gasteiger partial charge in [0.15, 0.2) is 0 Å². The van der Waals surface area contributed by atoms with Gasteiger partial charge in [-0.05, 0) is 43.0 Å². The number of likely N-dealkylation sites (tertiary alicyclic amines) is 1. The van der Waals surface area contributed by atoms with E-state index in [4.69, 9.17) is 12.2 Å². The Kier molecular flexibility index (Phi) is 5.91. The lowest BCUT2D eigenvalue weighted by Crippen LogP contribution is -2.51. The lowest BCUT2D eigenvalue weighted by Gasteiger charge is -2.33. The Hall–Kier alpha value is -2.26. The van der Waals surface area contributed by atoms with Gasteiger partial charge in [-0.25, -0.2) is 9.18 Å². The van der Waals surface area contributed by atoms with Crippen LogP contribution in [0, 0.1) is 5.82 Å². The number of carbonyl (C=O) groups is 3. The molecule has 2 aliphatic heterocycles. The van der Waals surface area contributed by atoms with E-state index in [9.17, 15) is 23.9 Å². The molecule has 0 saturated carbocycles. The minimum atomic E-state index is -1.04. The van der Waals surface area contributed by atoms with Crippen molar-refractivity contribution in [2.45, 2.75) is 25.3 Å². The largest absolute Gasteiger partial charge is 0.480 e. The Morgan fingerprint density at radius 3 is 2.67 bits per heavy atom. The molecule has 1 aromatic rings. The van der Waals surface area contributed by atoms with E-state index in [1.807, 2.05) is 0 Å². The average Bonchev–Trinajstić information content (AvgIpc) is 2.91. The summed E-state index contributed by atoms with van der Waals surface area (Å²) in [7, 11) is 0. The van der Waals surface area contributed by atoms with Crippen molar-refractivity contribution in [3.05, 3.63) is 40.6 Å². The minimum Gasteiger partial charge on any atom is -0.480 e. The summed E-state index contributed by atoms with van der Waals surface area (Å²) in [4.78, 5) is 39.4. The van der Waals surface area contributed by atoms with Gasteiger partial charge in [0.05, 0.1) is 4.91 Å². The molecule has 0 aromatic heterocycles. The molecule has 1 atom stereocenters. The second-order valence-corrected chi connectivity index (χ2v) is 7.93. The molecule has 2 saturated heterocycles. The summed E-state index contributed by atoms with van der Waals surface area (Å²) in [6.45, 7) is 0.0746. The van der Waals surface area contributed by atoms with Gasteiger partial charge in [0.25, 0.3) is 5.91 Å². The van der Waals surface area contributed by atoms with Crippen molar-refractivity contribution in [3.8, 4) is 0 Å². The van der Waals surface area contributed by atoms with Crippen molar-refractivity contribution in [1.82, 2.24) is 9.80 Å². The molecule has 0 bridgehead atoms. The topological polar surface area (TPSA) is 77.9 Å². The number of thioether (sulfide) groups is 1. The summed E-state index contributed by atoms with van der Waals surface area (Å²) in [5.41, 5.74) is 0.644. The van der Waals surface area contributed by atoms with Gasteiger partial charge in [-0.1, -0.05) is 36.1 Å². The summed E-state index contributed by atoms with van der Waals surface area (Å²) in [6.07, 6.45) is 3.48. The minimum absolute atomic E-state index is 0.241. The number of carbonyl (C=O) groups excluding carboxylic acids is 2. The van der Waals surface area contributed by atoms with E-state index in [-0.39, 0.29) is 16.7 Å². The fraction of sp³-hybridized carbons (Fsp3) is 0.333. The molecule has 1 aromatic carbocycles. The first-order valence-corrected chi connectivity index (χ1v) is 9.62. The van der Waals surface area contributed by atoms with Gasteiger partial charge in [-0.15, -0.1) is 0 Å². The number of carboxylic acid groups (broad SMARTS) is 1. The number of thiocarbonyl (C=S) groups is 1. The number of hydrogen-bond acceptors (Lipinski definition) is 5. The van der Waals surface area contributed by atoms with Crippen LogP contribution in [-0.2, 0) is 14.4 Å². The Morgan fingerprint density at radius 1 is 1.30 bits per heavy atom. The molecular formula is C18H17FN2O4S2. The summed E-state index contributed by atoms with van der Waals surface area (Å²) in [6, 6.07) is 4.80. The molecule has 2 aliphatic rings. The molecule has 0 radical (unpaired) electrons. The number of piperidine rings is 1. The van der Waals surface area contributed by atoms with Crippen molar-refractivity contribution >= 4 is 52.2 Å². The molecule has 6 nitrogen and oxygen atoms in total. The van der Waals surface area contributed by atoms with Crippen molar-refractivity contribution in [2.75, 3.05) is 13.1 Å². The first-order valence-electron chi connectivity index (χ1n) is 8.40. The number of nitrogens with zero attached hydrogens (tertiary/aromatic N) is 2. The van der Waals surface area contributed by atoms with E-state index >= 15 is 0 Å². The fourth-order valence-corrected chi connectivity index (χ4v) is 4.31. The van der Waals surface area contributed by atoms with Crippen molar-refractivity contribution in [1.29, 1.82) is 0 Å². The van der Waals surface area contributed by atoms with E-state index in [1.54, 1.807) is 6.08 Å². The zero-order valence-corrected chi connectivity index (χ0v) is 15.9. The molecule has 2 heterocycles. The molecule has 0 aliphatic carbocycles. The molecule has 1 N–H and O–H groups in total. The lowest BCUT2D eigenvalue weighted by atomic mass is 10.0. The van der Waals surface area contributed by atoms with E-state index in [2.05, 4.69) is 0 Å². The normalized spacial score (nSPS) is 21.8. The van der Waals surface area contributed by atoms with Gasteiger partial charge in [-0.2, -0.15) is 0 Å². The molecule has 1 unspecified atom stereocenters. The van der Waals surface area contributed by atoms with Gasteiger partial charge < -0.3 is 10.0 Å². The summed E-state index contributed by atoms with van der Waals surface area (Å²) < 4.78 is 13.2. The third-order valence-electron chi connectivity index (χ3n) is 4.44. The number of halogens is 1. The smallest absolute Gasteiger partial charge is 0.326 e. The number of carboxylic acids is 1. The van der Waals surface area contributed by atoms with E-state index in [0.717, 1.165) is 24.6 Å². The quantitative estimate of drug-likeness (QED) is 0.609. The standard InChI is InChI=1S/C18H17FN2O4S2/c19-12-6-4-11(5-7-12)9-14-16(23)21(18(26)27-14)10-15(22)20-8-2-1-3-13(20)17(24)25/h4-7,9,13H,1-3,8,10H2,(H,24,25). The Bertz CT molecular complexity index is 825. The number of amides is 2. The van der Waals surface area contributed by atoms with Gasteiger partial charge in [0, 0.05) is 6.54 Å². The SMILES string of the molecule is O=C(O)C1CCCCN1C(=O)CN1C(=O)C(=Cc2ccc(F)cc2)SC1=S. The van der Waals surface area contributed by atoms with Crippen LogP contribution >= 0.6 is 24.0 Å². The van der Waals surface area contributed by atoms with Crippen LogP contribution < -0.4 is 0 Å². The van der Waals surface area contributed by atoms with Crippen LogP contribution in [0.15, 0.2) is 29.2 Å². The molecule has 142 valence electrons. The maximum atomic E-state index is 13.0. The van der Waals surface area contributed by atoms with Crippen molar-refractivity contribution < 1.29 is 23.9 Å². The number of benzene rings is 1. The van der Waals surface area contributed by atoms with Gasteiger partial charge in [-0.3, -0.25) is 14.5 Å². The second kappa shape index (κ2) is 8.18. The number of rotatable bonds is 4. The second-order valence-electron chi connectivity index (χ2n) is 6.26. The Labute approximate surface area is 165 Å². The molecular weight excluding hydrogens is 391 g/mol. The van der Waals surface area contributed by atoms with E-state index in [0.29, 0.717) is 23.4 Å². The van der Waals surface area contributed by atoms with Crippen LogP contribution in [-0.4, -0.2) is 56.1 Å². The highest BCUT2D eigenvalue weighted by Gasteiger charge is 2.37. The summed E-state index contributed by atoms with van der Waals surface area (Å²) in [5.74, 6) is -2.25. The zero-order chi connectivity index (χ0) is 19.6. The fourth-order valence-electron chi connectivity index (χ4n) is 3.06. The first-order chi connectivity index (χ1) is 12.9. The third-order valence-corrected chi connectivity index (χ3v) is 5.82. The van der Waals surface area contributed by atoms with Crippen molar-refractivity contribution in [2.24, 2.45) is 0 Å². The van der Waals surface area contributed by atoms with Gasteiger partial charge in [0.2, 0.25) is 5.91 Å². The Balaban J connectivity index is 1.72. The monoisotopic (exact) mass is 408 g/mol. The van der Waals surface area contributed by atoms with Crippen LogP contribution in [0.25, 0.3) is 6.08 Å². The summed E-state index contributed by atoms with van der Waals surface area (Å²) in [5, 5.41) is 9.31. The van der Waals surface area contributed by atoms with Crippen LogP contribution in [0.2, 0.25) is 0 Å². The predicted molar refractivity (Wildman–Crippen MR) is 103 cm³/mol. The lowest BCUT2D eigenvalue weighted by molar-refractivity contribution is -0.152. The van der Waals surface area contributed by atoms with E-state index < -0.39 is 23.8 Å². The van der Waals surface area contributed by atoms with Crippen LogP contribution in [0.3, 0.4) is 0 Å². The van der Waals surface area contributed by atoms with Crippen LogP contribution in [0.5, 0.6) is 0 Å². The third kappa shape index (κ3) is 4.36. The number of hydrogen-bond donors (Lipinski definition) is 1. The zero-order valence-electron chi connectivity index (χ0n) is 14.3. The average molecular weight is 408 g/mol. The highest BCUT2D eigenvalue weighted by atomic mass is 32.2. The molecule has 27 heavy (non-hydrogen) atoms. The molecule has 9 heteroatoms. The first kappa shape index (κ1) is 19.5. The van der Waals surface area contributed by atoms with E-state index in [1.165, 1.54) is 34.1 Å². The highest BCUT2D eigenvalue weighted by Crippen LogP contribution is 2.32. The molecule has 3 rings (SSSR count). The summed E-state index contributed by atoms with van der Waals surface area (Å²) >= 11 is 6.28. The Morgan fingerprint density at radius 2 is 2.00 bits per heavy atom. The number of aliphatic carboxylic acids is 1.